The molecule has 5 nitrogen and oxygen atoms in total. The van der Waals surface area contributed by atoms with Crippen molar-refractivity contribution < 1.29 is 14.3 Å². The molecular formula is C17H13BrN2O3S. The lowest BCUT2D eigenvalue weighted by Gasteiger charge is -2.02. The molecule has 0 spiro atoms. The maximum absolute atomic E-state index is 12.6. The third-order valence-electron chi connectivity index (χ3n) is 3.78. The number of carbonyl (C=O) groups excluding carboxylic acids is 1. The quantitative estimate of drug-likeness (QED) is 0.649. The third-order valence-corrected chi connectivity index (χ3v) is 5.47. The fourth-order valence-electron chi connectivity index (χ4n) is 2.65. The summed E-state index contributed by atoms with van der Waals surface area (Å²) in [4.78, 5) is 17.6. The van der Waals surface area contributed by atoms with Gasteiger partial charge < -0.3 is 14.0 Å². The van der Waals surface area contributed by atoms with Crippen molar-refractivity contribution in [2.24, 2.45) is 4.99 Å². The molecular weight excluding hydrogens is 392 g/mol. The number of halogens is 1. The highest BCUT2D eigenvalue weighted by Crippen LogP contribution is 2.32. The summed E-state index contributed by atoms with van der Waals surface area (Å²) in [5.74, 6) is 0.942. The number of hydrogen-bond acceptors (Lipinski definition) is 4. The van der Waals surface area contributed by atoms with Gasteiger partial charge in [0.1, 0.15) is 0 Å². The summed E-state index contributed by atoms with van der Waals surface area (Å²) in [6.45, 7) is 2.95. The maximum Gasteiger partial charge on any atom is 0.279 e. The van der Waals surface area contributed by atoms with Crippen LogP contribution < -0.4 is 14.3 Å². The van der Waals surface area contributed by atoms with Gasteiger partial charge in [0, 0.05) is 16.6 Å². The smallest absolute Gasteiger partial charge is 0.279 e. The van der Waals surface area contributed by atoms with E-state index < -0.39 is 0 Å². The molecule has 24 heavy (non-hydrogen) atoms. The van der Waals surface area contributed by atoms with Crippen LogP contribution in [0.25, 0.3) is 10.2 Å². The number of benzene rings is 2. The van der Waals surface area contributed by atoms with Crippen LogP contribution in [0.1, 0.15) is 17.3 Å². The van der Waals surface area contributed by atoms with Gasteiger partial charge in [-0.25, -0.2) is 0 Å². The second-order valence-electron chi connectivity index (χ2n) is 5.20. The van der Waals surface area contributed by atoms with Gasteiger partial charge in [-0.1, -0.05) is 17.4 Å². The van der Waals surface area contributed by atoms with Gasteiger partial charge in [0.15, 0.2) is 16.3 Å². The molecule has 0 fully saturated rings. The Morgan fingerprint density at radius 3 is 2.96 bits per heavy atom. The predicted molar refractivity (Wildman–Crippen MR) is 95.6 cm³/mol. The number of thiazole rings is 1. The summed E-state index contributed by atoms with van der Waals surface area (Å²) < 4.78 is 14.7. The number of hydrogen-bond donors (Lipinski definition) is 0. The van der Waals surface area contributed by atoms with Gasteiger partial charge in [-0.05, 0) is 53.2 Å². The van der Waals surface area contributed by atoms with E-state index in [1.54, 1.807) is 18.2 Å². The van der Waals surface area contributed by atoms with Crippen molar-refractivity contribution >= 4 is 43.4 Å². The average Bonchev–Trinajstić information content (AvgIpc) is 3.18. The van der Waals surface area contributed by atoms with Crippen molar-refractivity contribution in [3.63, 3.8) is 0 Å². The van der Waals surface area contributed by atoms with Crippen LogP contribution in [0.2, 0.25) is 0 Å². The molecule has 0 saturated carbocycles. The number of para-hydroxylation sites is 1. The van der Waals surface area contributed by atoms with E-state index >= 15 is 0 Å². The molecule has 1 amide bonds. The molecule has 0 aliphatic carbocycles. The molecule has 0 unspecified atom stereocenters. The highest BCUT2D eigenvalue weighted by molar-refractivity contribution is 9.10. The first kappa shape index (κ1) is 15.4. The van der Waals surface area contributed by atoms with E-state index in [4.69, 9.17) is 9.47 Å². The van der Waals surface area contributed by atoms with Crippen molar-refractivity contribution in [3.05, 3.63) is 51.2 Å². The number of rotatable bonds is 2. The van der Waals surface area contributed by atoms with Crippen molar-refractivity contribution in [1.82, 2.24) is 4.57 Å². The van der Waals surface area contributed by atoms with Gasteiger partial charge >= 0.3 is 0 Å². The number of aryl methyl sites for hydroxylation is 1. The highest BCUT2D eigenvalue weighted by Gasteiger charge is 2.16. The average molecular weight is 405 g/mol. The van der Waals surface area contributed by atoms with E-state index in [1.807, 2.05) is 29.7 Å². The lowest BCUT2D eigenvalue weighted by atomic mass is 10.2. The van der Waals surface area contributed by atoms with Crippen LogP contribution in [-0.4, -0.2) is 17.3 Å². The molecule has 3 aromatic rings. The van der Waals surface area contributed by atoms with Crippen LogP contribution in [0.5, 0.6) is 11.5 Å². The molecule has 4 rings (SSSR count). The fraction of sp³-hybridized carbons (Fsp3) is 0.176. The van der Waals surface area contributed by atoms with Crippen molar-refractivity contribution in [3.8, 4) is 11.5 Å². The minimum Gasteiger partial charge on any atom is -0.454 e. The summed E-state index contributed by atoms with van der Waals surface area (Å²) in [6, 6.07) is 11.1. The van der Waals surface area contributed by atoms with Gasteiger partial charge in [-0.2, -0.15) is 4.99 Å². The molecule has 2 aromatic carbocycles. The molecule has 7 heteroatoms. The number of aromatic nitrogens is 1. The molecule has 122 valence electrons. The van der Waals surface area contributed by atoms with Crippen molar-refractivity contribution in [1.29, 1.82) is 0 Å². The van der Waals surface area contributed by atoms with Crippen molar-refractivity contribution in [2.45, 2.75) is 13.5 Å². The van der Waals surface area contributed by atoms with Crippen LogP contribution in [0.3, 0.4) is 0 Å². The Bertz CT molecular complexity index is 1020. The Labute approximate surface area is 150 Å². The Kier molecular flexibility index (Phi) is 3.90. The topological polar surface area (TPSA) is 52.8 Å². The van der Waals surface area contributed by atoms with E-state index in [9.17, 15) is 4.79 Å². The molecule has 1 aromatic heterocycles. The van der Waals surface area contributed by atoms with E-state index in [2.05, 4.69) is 20.9 Å². The lowest BCUT2D eigenvalue weighted by Crippen LogP contribution is -2.16. The Hall–Kier alpha value is -2.12. The molecule has 0 saturated heterocycles. The first-order chi connectivity index (χ1) is 11.7. The molecule has 1 aliphatic rings. The van der Waals surface area contributed by atoms with E-state index in [1.165, 1.54) is 11.3 Å². The summed E-state index contributed by atoms with van der Waals surface area (Å²) in [5.41, 5.74) is 1.54. The zero-order chi connectivity index (χ0) is 16.7. The second kappa shape index (κ2) is 6.07. The standard InChI is InChI=1S/C17H13BrN2O3S/c1-2-20-15-11(18)4-3-5-14(15)24-17(20)19-16(21)10-6-7-12-13(8-10)23-9-22-12/h3-8H,2,9H2,1H3. The SMILES string of the molecule is CCn1c(=NC(=O)c2ccc3c(c2)OCO3)sc2cccc(Br)c21. The van der Waals surface area contributed by atoms with Crippen LogP contribution in [0.4, 0.5) is 0 Å². The third kappa shape index (κ3) is 2.53. The number of ether oxygens (including phenoxy) is 2. The van der Waals surface area contributed by atoms with Gasteiger partial charge in [0.05, 0.1) is 10.2 Å². The van der Waals surface area contributed by atoms with Crippen LogP contribution in [0.15, 0.2) is 45.9 Å². The number of nitrogens with zero attached hydrogens (tertiary/aromatic N) is 2. The minimum atomic E-state index is -0.293. The van der Waals surface area contributed by atoms with E-state index in [-0.39, 0.29) is 12.7 Å². The first-order valence-corrected chi connectivity index (χ1v) is 9.05. The summed E-state index contributed by atoms with van der Waals surface area (Å²) >= 11 is 5.08. The molecule has 0 bridgehead atoms. The minimum absolute atomic E-state index is 0.185. The number of fused-ring (bicyclic) bond motifs is 2. The van der Waals surface area contributed by atoms with Crippen LogP contribution in [-0.2, 0) is 6.54 Å². The van der Waals surface area contributed by atoms with E-state index in [0.717, 1.165) is 21.2 Å². The molecule has 1 aliphatic heterocycles. The zero-order valence-corrected chi connectivity index (χ0v) is 15.2. The monoisotopic (exact) mass is 404 g/mol. The van der Waals surface area contributed by atoms with Crippen LogP contribution >= 0.6 is 27.3 Å². The summed E-state index contributed by atoms with van der Waals surface area (Å²) in [5, 5.41) is 0. The molecule has 2 heterocycles. The second-order valence-corrected chi connectivity index (χ2v) is 7.06. The van der Waals surface area contributed by atoms with Crippen LogP contribution in [0, 0.1) is 0 Å². The zero-order valence-electron chi connectivity index (χ0n) is 12.8. The Morgan fingerprint density at radius 1 is 1.29 bits per heavy atom. The summed E-state index contributed by atoms with van der Waals surface area (Å²) in [6.07, 6.45) is 0. The molecule has 0 atom stereocenters. The predicted octanol–water partition coefficient (Wildman–Crippen LogP) is 3.96. The fourth-order valence-corrected chi connectivity index (χ4v) is 4.48. The van der Waals surface area contributed by atoms with Gasteiger partial charge in [0.25, 0.3) is 5.91 Å². The summed E-state index contributed by atoms with van der Waals surface area (Å²) in [7, 11) is 0. The lowest BCUT2D eigenvalue weighted by molar-refractivity contribution is 0.0997. The maximum atomic E-state index is 12.6. The molecule has 0 N–H and O–H groups in total. The van der Waals surface area contributed by atoms with Crippen molar-refractivity contribution in [2.75, 3.05) is 6.79 Å². The Morgan fingerprint density at radius 2 is 2.12 bits per heavy atom. The molecule has 0 radical (unpaired) electrons. The Balaban J connectivity index is 1.82. The van der Waals surface area contributed by atoms with Gasteiger partial charge in [0.2, 0.25) is 6.79 Å². The van der Waals surface area contributed by atoms with Gasteiger partial charge in [-0.3, -0.25) is 4.79 Å². The largest absolute Gasteiger partial charge is 0.454 e. The normalized spacial score (nSPS) is 13.7. The number of carbonyl (C=O) groups is 1. The van der Waals surface area contributed by atoms with Gasteiger partial charge in [-0.15, -0.1) is 0 Å². The highest BCUT2D eigenvalue weighted by atomic mass is 79.9. The first-order valence-electron chi connectivity index (χ1n) is 7.44. The van der Waals surface area contributed by atoms with E-state index in [0.29, 0.717) is 21.9 Å². The number of amides is 1.